The Labute approximate surface area is 93.5 Å². The summed E-state index contributed by atoms with van der Waals surface area (Å²) in [6.45, 7) is 7.20. The highest BCUT2D eigenvalue weighted by atomic mass is 16.5. The Kier molecular flexibility index (Phi) is 5.58. The molecular formula is C12H25NO2. The van der Waals surface area contributed by atoms with Crippen LogP contribution in [-0.4, -0.2) is 38.0 Å². The molecule has 3 heteroatoms. The molecule has 1 rings (SSSR count). The maximum absolute atomic E-state index is 5.90. The topological polar surface area (TPSA) is 30.5 Å². The van der Waals surface area contributed by atoms with Crippen LogP contribution in [0.1, 0.15) is 40.0 Å². The second-order valence-electron chi connectivity index (χ2n) is 4.58. The molecule has 0 aromatic heterocycles. The zero-order valence-corrected chi connectivity index (χ0v) is 10.5. The van der Waals surface area contributed by atoms with Crippen LogP contribution in [0, 0.1) is 0 Å². The average molecular weight is 215 g/mol. The molecule has 0 saturated carbocycles. The standard InChI is InChI=1S/C12H25NO2/c1-5-11-12(7-6-9(2)13-11)15-8-10(3)14-4/h9-13H,5-8H2,1-4H3. The van der Waals surface area contributed by atoms with Crippen LogP contribution in [0.2, 0.25) is 0 Å². The third-order valence-corrected chi connectivity index (χ3v) is 3.22. The van der Waals surface area contributed by atoms with E-state index in [0.29, 0.717) is 24.8 Å². The summed E-state index contributed by atoms with van der Waals surface area (Å²) in [6, 6.07) is 1.15. The van der Waals surface area contributed by atoms with Gasteiger partial charge < -0.3 is 14.8 Å². The second-order valence-corrected chi connectivity index (χ2v) is 4.58. The summed E-state index contributed by atoms with van der Waals surface area (Å²) in [7, 11) is 1.73. The van der Waals surface area contributed by atoms with Crippen LogP contribution in [0.15, 0.2) is 0 Å². The highest BCUT2D eigenvalue weighted by Gasteiger charge is 2.27. The molecule has 1 saturated heterocycles. The molecule has 4 unspecified atom stereocenters. The fraction of sp³-hybridized carbons (Fsp3) is 1.00. The largest absolute Gasteiger partial charge is 0.379 e. The molecule has 3 nitrogen and oxygen atoms in total. The highest BCUT2D eigenvalue weighted by molar-refractivity contribution is 4.85. The Morgan fingerprint density at radius 3 is 2.73 bits per heavy atom. The van der Waals surface area contributed by atoms with E-state index in [9.17, 15) is 0 Å². The first-order chi connectivity index (χ1) is 7.17. The summed E-state index contributed by atoms with van der Waals surface area (Å²) < 4.78 is 11.1. The maximum atomic E-state index is 5.90. The van der Waals surface area contributed by atoms with Gasteiger partial charge in [0.15, 0.2) is 0 Å². The number of hydrogen-bond acceptors (Lipinski definition) is 3. The maximum Gasteiger partial charge on any atom is 0.0776 e. The lowest BCUT2D eigenvalue weighted by Crippen LogP contribution is -2.50. The summed E-state index contributed by atoms with van der Waals surface area (Å²) >= 11 is 0. The molecule has 90 valence electrons. The SMILES string of the molecule is CCC1NC(C)CCC1OCC(C)OC. The molecule has 0 aliphatic carbocycles. The van der Waals surface area contributed by atoms with Crippen molar-refractivity contribution in [3.8, 4) is 0 Å². The third-order valence-electron chi connectivity index (χ3n) is 3.22. The first kappa shape index (κ1) is 12.9. The van der Waals surface area contributed by atoms with Crippen molar-refractivity contribution in [2.75, 3.05) is 13.7 Å². The highest BCUT2D eigenvalue weighted by Crippen LogP contribution is 2.19. The Morgan fingerprint density at radius 2 is 2.13 bits per heavy atom. The van der Waals surface area contributed by atoms with Gasteiger partial charge in [-0.1, -0.05) is 6.92 Å². The van der Waals surface area contributed by atoms with E-state index >= 15 is 0 Å². The van der Waals surface area contributed by atoms with Gasteiger partial charge in [0, 0.05) is 19.2 Å². The Bertz CT molecular complexity index is 175. The van der Waals surface area contributed by atoms with Crippen LogP contribution in [0.4, 0.5) is 0 Å². The fourth-order valence-electron chi connectivity index (χ4n) is 2.08. The van der Waals surface area contributed by atoms with E-state index in [1.165, 1.54) is 12.8 Å². The van der Waals surface area contributed by atoms with E-state index in [1.54, 1.807) is 7.11 Å². The first-order valence-electron chi connectivity index (χ1n) is 6.07. The molecule has 0 spiro atoms. The van der Waals surface area contributed by atoms with Crippen LogP contribution in [-0.2, 0) is 9.47 Å². The minimum Gasteiger partial charge on any atom is -0.379 e. The van der Waals surface area contributed by atoms with Crippen molar-refractivity contribution in [1.82, 2.24) is 5.32 Å². The molecule has 1 fully saturated rings. The molecule has 1 heterocycles. The number of rotatable bonds is 5. The number of piperidine rings is 1. The molecule has 0 bridgehead atoms. The lowest BCUT2D eigenvalue weighted by atomic mass is 9.95. The minimum atomic E-state index is 0.196. The smallest absolute Gasteiger partial charge is 0.0776 e. The van der Waals surface area contributed by atoms with Crippen molar-refractivity contribution >= 4 is 0 Å². The van der Waals surface area contributed by atoms with Crippen molar-refractivity contribution in [1.29, 1.82) is 0 Å². The molecule has 0 aromatic carbocycles. The minimum absolute atomic E-state index is 0.196. The van der Waals surface area contributed by atoms with Gasteiger partial charge in [-0.2, -0.15) is 0 Å². The van der Waals surface area contributed by atoms with E-state index in [2.05, 4.69) is 19.2 Å². The molecular weight excluding hydrogens is 190 g/mol. The number of nitrogens with one attached hydrogen (secondary N) is 1. The molecule has 15 heavy (non-hydrogen) atoms. The normalized spacial score (nSPS) is 34.0. The summed E-state index contributed by atoms with van der Waals surface area (Å²) in [5.74, 6) is 0. The number of methoxy groups -OCH3 is 1. The molecule has 1 aliphatic rings. The van der Waals surface area contributed by atoms with Gasteiger partial charge in [-0.3, -0.25) is 0 Å². The predicted octanol–water partition coefficient (Wildman–Crippen LogP) is 1.96. The monoisotopic (exact) mass is 215 g/mol. The lowest BCUT2D eigenvalue weighted by molar-refractivity contribution is -0.0480. The average Bonchev–Trinajstić information content (AvgIpc) is 2.26. The summed E-state index contributed by atoms with van der Waals surface area (Å²) in [5, 5.41) is 3.59. The molecule has 4 atom stereocenters. The Morgan fingerprint density at radius 1 is 1.40 bits per heavy atom. The van der Waals surface area contributed by atoms with Crippen LogP contribution in [0.5, 0.6) is 0 Å². The van der Waals surface area contributed by atoms with Crippen molar-refractivity contribution in [3.63, 3.8) is 0 Å². The van der Waals surface area contributed by atoms with Crippen LogP contribution < -0.4 is 5.32 Å². The van der Waals surface area contributed by atoms with Gasteiger partial charge in [0.2, 0.25) is 0 Å². The van der Waals surface area contributed by atoms with Crippen molar-refractivity contribution < 1.29 is 9.47 Å². The summed E-state index contributed by atoms with van der Waals surface area (Å²) in [5.41, 5.74) is 0. The van der Waals surface area contributed by atoms with Gasteiger partial charge >= 0.3 is 0 Å². The van der Waals surface area contributed by atoms with Gasteiger partial charge in [0.05, 0.1) is 18.8 Å². The van der Waals surface area contributed by atoms with Gasteiger partial charge in [-0.05, 0) is 33.1 Å². The number of ether oxygens (including phenoxy) is 2. The third kappa shape index (κ3) is 4.09. The van der Waals surface area contributed by atoms with E-state index in [0.717, 1.165) is 6.42 Å². The molecule has 1 N–H and O–H groups in total. The van der Waals surface area contributed by atoms with Crippen molar-refractivity contribution in [2.24, 2.45) is 0 Å². The molecule has 0 amide bonds. The Balaban J connectivity index is 2.32. The van der Waals surface area contributed by atoms with Crippen LogP contribution in [0.3, 0.4) is 0 Å². The van der Waals surface area contributed by atoms with Crippen LogP contribution in [0.25, 0.3) is 0 Å². The van der Waals surface area contributed by atoms with Crippen LogP contribution >= 0.6 is 0 Å². The van der Waals surface area contributed by atoms with Gasteiger partial charge in [0.25, 0.3) is 0 Å². The number of hydrogen-bond donors (Lipinski definition) is 1. The molecule has 0 aromatic rings. The van der Waals surface area contributed by atoms with Crippen molar-refractivity contribution in [2.45, 2.75) is 64.3 Å². The molecule has 0 radical (unpaired) electrons. The second kappa shape index (κ2) is 6.46. The summed E-state index contributed by atoms with van der Waals surface area (Å²) in [6.07, 6.45) is 4.08. The zero-order chi connectivity index (χ0) is 11.3. The van der Waals surface area contributed by atoms with Crippen molar-refractivity contribution in [3.05, 3.63) is 0 Å². The zero-order valence-electron chi connectivity index (χ0n) is 10.5. The lowest BCUT2D eigenvalue weighted by Gasteiger charge is -2.36. The predicted molar refractivity (Wildman–Crippen MR) is 62.1 cm³/mol. The van der Waals surface area contributed by atoms with E-state index < -0.39 is 0 Å². The Hall–Kier alpha value is -0.120. The van der Waals surface area contributed by atoms with Gasteiger partial charge in [0.1, 0.15) is 0 Å². The molecule has 1 aliphatic heterocycles. The van der Waals surface area contributed by atoms with E-state index in [1.807, 2.05) is 6.92 Å². The fourth-order valence-corrected chi connectivity index (χ4v) is 2.08. The van der Waals surface area contributed by atoms with Gasteiger partial charge in [-0.15, -0.1) is 0 Å². The first-order valence-corrected chi connectivity index (χ1v) is 6.07. The van der Waals surface area contributed by atoms with Gasteiger partial charge in [-0.25, -0.2) is 0 Å². The quantitative estimate of drug-likeness (QED) is 0.760. The summed E-state index contributed by atoms with van der Waals surface area (Å²) in [4.78, 5) is 0. The van der Waals surface area contributed by atoms with E-state index in [-0.39, 0.29) is 6.10 Å². The van der Waals surface area contributed by atoms with E-state index in [4.69, 9.17) is 9.47 Å².